The van der Waals surface area contributed by atoms with Gasteiger partial charge in [-0.05, 0) is 43.7 Å². The third-order valence-electron chi connectivity index (χ3n) is 4.65. The third-order valence-corrected chi connectivity index (χ3v) is 4.65. The van der Waals surface area contributed by atoms with Gasteiger partial charge in [-0.2, -0.15) is 0 Å². The van der Waals surface area contributed by atoms with Crippen molar-refractivity contribution in [3.05, 3.63) is 29.8 Å². The minimum Gasteiger partial charge on any atom is -0.367 e. The van der Waals surface area contributed by atoms with Gasteiger partial charge < -0.3 is 4.90 Å². The number of rotatable bonds is 4. The second kappa shape index (κ2) is 5.36. The van der Waals surface area contributed by atoms with Gasteiger partial charge in [-0.25, -0.2) is 0 Å². The number of carbonyl (C=O) groups excluding carboxylic acids is 1. The van der Waals surface area contributed by atoms with Gasteiger partial charge >= 0.3 is 0 Å². The van der Waals surface area contributed by atoms with E-state index in [1.165, 1.54) is 36.9 Å². The van der Waals surface area contributed by atoms with Crippen LogP contribution in [0.3, 0.4) is 0 Å². The van der Waals surface area contributed by atoms with Crippen LogP contribution in [0.1, 0.15) is 44.6 Å². The second-order valence-corrected chi connectivity index (χ2v) is 6.20. The SMILES string of the molecule is CC(=O)CC1Cc2ccccc2N1CC1CCCC1. The van der Waals surface area contributed by atoms with Gasteiger partial charge in [-0.3, -0.25) is 4.79 Å². The lowest BCUT2D eigenvalue weighted by atomic mass is 10.0. The number of hydrogen-bond acceptors (Lipinski definition) is 2. The summed E-state index contributed by atoms with van der Waals surface area (Å²) in [6.45, 7) is 2.87. The van der Waals surface area contributed by atoms with Crippen LogP contribution < -0.4 is 4.90 Å². The summed E-state index contributed by atoms with van der Waals surface area (Å²) in [7, 11) is 0. The Morgan fingerprint density at radius 2 is 2.00 bits per heavy atom. The zero-order valence-electron chi connectivity index (χ0n) is 11.8. The monoisotopic (exact) mass is 257 g/mol. The lowest BCUT2D eigenvalue weighted by Gasteiger charge is -2.29. The van der Waals surface area contributed by atoms with E-state index >= 15 is 0 Å². The molecule has 2 aliphatic rings. The Morgan fingerprint density at radius 3 is 2.74 bits per heavy atom. The van der Waals surface area contributed by atoms with E-state index in [-0.39, 0.29) is 0 Å². The molecule has 1 aliphatic carbocycles. The number of carbonyl (C=O) groups is 1. The molecule has 2 nitrogen and oxygen atoms in total. The lowest BCUT2D eigenvalue weighted by Crippen LogP contribution is -2.36. The first-order valence-electron chi connectivity index (χ1n) is 7.58. The van der Waals surface area contributed by atoms with Crippen molar-refractivity contribution < 1.29 is 4.79 Å². The maximum absolute atomic E-state index is 11.5. The maximum atomic E-state index is 11.5. The van der Waals surface area contributed by atoms with Crippen molar-refractivity contribution in [3.63, 3.8) is 0 Å². The Bertz CT molecular complexity index is 462. The van der Waals surface area contributed by atoms with Crippen LogP contribution in [-0.2, 0) is 11.2 Å². The molecular formula is C17H23NO. The molecule has 1 atom stereocenters. The van der Waals surface area contributed by atoms with Crippen LogP contribution in [-0.4, -0.2) is 18.4 Å². The van der Waals surface area contributed by atoms with E-state index in [1.54, 1.807) is 6.92 Å². The first-order valence-corrected chi connectivity index (χ1v) is 7.58. The first-order chi connectivity index (χ1) is 9.24. The maximum Gasteiger partial charge on any atom is 0.131 e. The van der Waals surface area contributed by atoms with Gasteiger partial charge in [0.25, 0.3) is 0 Å². The number of benzene rings is 1. The molecule has 3 rings (SSSR count). The number of para-hydroxylation sites is 1. The summed E-state index contributed by atoms with van der Waals surface area (Å²) in [4.78, 5) is 14.0. The predicted octanol–water partition coefficient (Wildman–Crippen LogP) is 3.59. The zero-order valence-corrected chi connectivity index (χ0v) is 11.8. The number of anilines is 1. The number of hydrogen-bond donors (Lipinski definition) is 0. The minimum absolute atomic E-state index is 0.314. The van der Waals surface area contributed by atoms with Crippen LogP contribution in [0.2, 0.25) is 0 Å². The smallest absolute Gasteiger partial charge is 0.131 e. The molecule has 1 aliphatic heterocycles. The molecule has 0 bridgehead atoms. The van der Waals surface area contributed by atoms with Crippen molar-refractivity contribution in [2.45, 2.75) is 51.5 Å². The Morgan fingerprint density at radius 1 is 1.26 bits per heavy atom. The molecule has 1 heterocycles. The molecule has 0 N–H and O–H groups in total. The molecule has 1 aromatic carbocycles. The topological polar surface area (TPSA) is 20.3 Å². The number of nitrogens with zero attached hydrogens (tertiary/aromatic N) is 1. The van der Waals surface area contributed by atoms with E-state index in [2.05, 4.69) is 29.2 Å². The van der Waals surface area contributed by atoms with E-state index in [9.17, 15) is 4.79 Å². The number of Topliss-reactive ketones (excluding diaryl/α,β-unsaturated/α-hetero) is 1. The summed E-state index contributed by atoms with van der Waals surface area (Å²) in [5, 5.41) is 0. The Hall–Kier alpha value is -1.31. The van der Waals surface area contributed by atoms with Crippen molar-refractivity contribution in [1.82, 2.24) is 0 Å². The molecule has 102 valence electrons. The molecule has 1 fully saturated rings. The van der Waals surface area contributed by atoms with Crippen LogP contribution in [0, 0.1) is 5.92 Å². The van der Waals surface area contributed by atoms with E-state index in [4.69, 9.17) is 0 Å². The molecule has 0 radical (unpaired) electrons. The fourth-order valence-electron chi connectivity index (χ4n) is 3.76. The van der Waals surface area contributed by atoms with Gasteiger partial charge in [0, 0.05) is 24.7 Å². The van der Waals surface area contributed by atoms with Gasteiger partial charge in [-0.15, -0.1) is 0 Å². The fraction of sp³-hybridized carbons (Fsp3) is 0.588. The van der Waals surface area contributed by atoms with Crippen molar-refractivity contribution in [3.8, 4) is 0 Å². The van der Waals surface area contributed by atoms with Gasteiger partial charge in [0.15, 0.2) is 0 Å². The molecule has 1 aromatic rings. The molecule has 0 amide bonds. The average Bonchev–Trinajstić information content (AvgIpc) is 2.99. The van der Waals surface area contributed by atoms with Crippen LogP contribution in [0.5, 0.6) is 0 Å². The normalized spacial score (nSPS) is 22.8. The molecule has 0 aromatic heterocycles. The summed E-state index contributed by atoms with van der Waals surface area (Å²) >= 11 is 0. The molecule has 1 unspecified atom stereocenters. The minimum atomic E-state index is 0.314. The van der Waals surface area contributed by atoms with Crippen molar-refractivity contribution in [2.75, 3.05) is 11.4 Å². The van der Waals surface area contributed by atoms with Gasteiger partial charge in [0.05, 0.1) is 0 Å². The van der Waals surface area contributed by atoms with E-state index in [0.717, 1.165) is 18.9 Å². The van der Waals surface area contributed by atoms with Gasteiger partial charge in [0.1, 0.15) is 5.78 Å². The van der Waals surface area contributed by atoms with Crippen LogP contribution in [0.25, 0.3) is 0 Å². The molecule has 0 spiro atoms. The summed E-state index contributed by atoms with van der Waals surface area (Å²) in [6.07, 6.45) is 7.25. The Kier molecular flexibility index (Phi) is 3.58. The molecule has 19 heavy (non-hydrogen) atoms. The van der Waals surface area contributed by atoms with Crippen LogP contribution in [0.4, 0.5) is 5.69 Å². The summed E-state index contributed by atoms with van der Waals surface area (Å²) in [5.74, 6) is 1.15. The highest BCUT2D eigenvalue weighted by Crippen LogP contribution is 2.36. The third kappa shape index (κ3) is 2.68. The van der Waals surface area contributed by atoms with E-state index < -0.39 is 0 Å². The summed E-state index contributed by atoms with van der Waals surface area (Å²) < 4.78 is 0. The zero-order chi connectivity index (χ0) is 13.2. The van der Waals surface area contributed by atoms with Crippen molar-refractivity contribution >= 4 is 11.5 Å². The fourth-order valence-corrected chi connectivity index (χ4v) is 3.76. The number of fused-ring (bicyclic) bond motifs is 1. The quantitative estimate of drug-likeness (QED) is 0.821. The van der Waals surface area contributed by atoms with E-state index in [0.29, 0.717) is 18.2 Å². The lowest BCUT2D eigenvalue weighted by molar-refractivity contribution is -0.117. The van der Waals surface area contributed by atoms with Crippen LogP contribution in [0.15, 0.2) is 24.3 Å². The van der Waals surface area contributed by atoms with E-state index in [1.807, 2.05) is 0 Å². The molecule has 2 heteroatoms. The predicted molar refractivity (Wildman–Crippen MR) is 78.5 cm³/mol. The Balaban J connectivity index is 1.80. The molecule has 1 saturated carbocycles. The highest BCUT2D eigenvalue weighted by Gasteiger charge is 2.31. The Labute approximate surface area is 115 Å². The number of ketones is 1. The average molecular weight is 257 g/mol. The summed E-state index contributed by atoms with van der Waals surface area (Å²) in [6, 6.07) is 9.08. The molecule has 0 saturated heterocycles. The largest absolute Gasteiger partial charge is 0.367 e. The van der Waals surface area contributed by atoms with Crippen molar-refractivity contribution in [2.24, 2.45) is 5.92 Å². The standard InChI is InChI=1S/C17H23NO/c1-13(19)10-16-11-15-8-4-5-9-17(15)18(16)12-14-6-2-3-7-14/h4-5,8-9,14,16H,2-3,6-7,10-12H2,1H3. The highest BCUT2D eigenvalue weighted by molar-refractivity contribution is 5.77. The second-order valence-electron chi connectivity index (χ2n) is 6.20. The molecular weight excluding hydrogens is 234 g/mol. The van der Waals surface area contributed by atoms with Gasteiger partial charge in [-0.1, -0.05) is 31.0 Å². The van der Waals surface area contributed by atoms with Crippen molar-refractivity contribution in [1.29, 1.82) is 0 Å². The first kappa shape index (κ1) is 12.7. The van der Waals surface area contributed by atoms with Gasteiger partial charge in [0.2, 0.25) is 0 Å². The van der Waals surface area contributed by atoms with Crippen LogP contribution >= 0.6 is 0 Å². The summed E-state index contributed by atoms with van der Waals surface area (Å²) in [5.41, 5.74) is 2.80. The highest BCUT2D eigenvalue weighted by atomic mass is 16.1.